The van der Waals surface area contributed by atoms with E-state index >= 15 is 0 Å². The van der Waals surface area contributed by atoms with Gasteiger partial charge in [-0.15, -0.1) is 0 Å². The molecule has 0 atom stereocenters. The molecule has 2 aromatic rings. The fourth-order valence-corrected chi connectivity index (χ4v) is 1.76. The molecule has 0 spiro atoms. The van der Waals surface area contributed by atoms with Crippen LogP contribution in [-0.4, -0.2) is 24.9 Å². The van der Waals surface area contributed by atoms with Gasteiger partial charge in [0.25, 0.3) is 5.91 Å². The Morgan fingerprint density at radius 1 is 1.19 bits per heavy atom. The molecule has 0 radical (unpaired) electrons. The molecular weight excluding hydrogens is 266 g/mol. The van der Waals surface area contributed by atoms with Crippen molar-refractivity contribution in [3.63, 3.8) is 0 Å². The van der Waals surface area contributed by atoms with Crippen LogP contribution in [0, 0.1) is 11.3 Å². The van der Waals surface area contributed by atoms with Gasteiger partial charge in [-0.05, 0) is 42.5 Å². The van der Waals surface area contributed by atoms with E-state index in [2.05, 4.69) is 0 Å². The fraction of sp³-hybridized carbons (Fsp3) is 0.125. The average Bonchev–Trinajstić information content (AvgIpc) is 2.49. The van der Waals surface area contributed by atoms with Crippen molar-refractivity contribution in [2.75, 3.05) is 19.8 Å². The number of hydrogen-bond donors (Lipinski definition) is 1. The summed E-state index contributed by atoms with van der Waals surface area (Å²) in [7, 11) is 3.36. The highest BCUT2D eigenvalue weighted by Gasteiger charge is 2.11. The van der Waals surface area contributed by atoms with Crippen LogP contribution < -0.4 is 10.5 Å². The molecule has 0 aliphatic carbocycles. The SMILES string of the molecule is CN(C)C(=O)c1ccc(Oc2ccc(C#N)cc2)c(N)c1. The largest absolute Gasteiger partial charge is 0.455 e. The summed E-state index contributed by atoms with van der Waals surface area (Å²) >= 11 is 0. The van der Waals surface area contributed by atoms with Crippen LogP contribution in [0.3, 0.4) is 0 Å². The zero-order valence-corrected chi connectivity index (χ0v) is 11.8. The minimum absolute atomic E-state index is 0.119. The molecule has 0 fully saturated rings. The number of nitriles is 1. The third-order valence-corrected chi connectivity index (χ3v) is 2.87. The molecule has 0 unspecified atom stereocenters. The van der Waals surface area contributed by atoms with Gasteiger partial charge < -0.3 is 15.4 Å². The normalized spacial score (nSPS) is 9.76. The summed E-state index contributed by atoms with van der Waals surface area (Å²) in [6, 6.07) is 13.7. The molecule has 106 valence electrons. The summed E-state index contributed by atoms with van der Waals surface area (Å²) in [6.07, 6.45) is 0. The summed E-state index contributed by atoms with van der Waals surface area (Å²) in [6.45, 7) is 0. The molecule has 0 saturated heterocycles. The van der Waals surface area contributed by atoms with Crippen LogP contribution in [-0.2, 0) is 0 Å². The van der Waals surface area contributed by atoms with Crippen molar-refractivity contribution >= 4 is 11.6 Å². The van der Waals surface area contributed by atoms with Gasteiger partial charge in [-0.3, -0.25) is 4.79 Å². The van der Waals surface area contributed by atoms with E-state index in [-0.39, 0.29) is 5.91 Å². The van der Waals surface area contributed by atoms with Crippen LogP contribution in [0.2, 0.25) is 0 Å². The quantitative estimate of drug-likeness (QED) is 0.877. The van der Waals surface area contributed by atoms with Crippen LogP contribution in [0.5, 0.6) is 11.5 Å². The third kappa shape index (κ3) is 3.31. The standard InChI is InChI=1S/C16H15N3O2/c1-19(2)16(20)12-5-8-15(14(18)9-12)21-13-6-3-11(10-17)4-7-13/h3-9H,18H2,1-2H3. The molecule has 0 aromatic heterocycles. The van der Waals surface area contributed by atoms with Crippen molar-refractivity contribution < 1.29 is 9.53 Å². The summed E-state index contributed by atoms with van der Waals surface area (Å²) in [5.41, 5.74) is 7.36. The number of carbonyl (C=O) groups is 1. The molecule has 0 bridgehead atoms. The number of amides is 1. The maximum atomic E-state index is 11.8. The van der Waals surface area contributed by atoms with Gasteiger partial charge in [0.05, 0.1) is 17.3 Å². The lowest BCUT2D eigenvalue weighted by Gasteiger charge is -2.13. The number of carbonyl (C=O) groups excluding carboxylic acids is 1. The number of benzene rings is 2. The van der Waals surface area contributed by atoms with E-state index in [4.69, 9.17) is 15.7 Å². The van der Waals surface area contributed by atoms with Crippen LogP contribution in [0.4, 0.5) is 5.69 Å². The Bertz CT molecular complexity index is 700. The smallest absolute Gasteiger partial charge is 0.253 e. The molecule has 1 amide bonds. The maximum absolute atomic E-state index is 11.8. The van der Waals surface area contributed by atoms with Crippen molar-refractivity contribution in [1.29, 1.82) is 5.26 Å². The predicted octanol–water partition coefficient (Wildman–Crippen LogP) is 2.63. The molecule has 5 heteroatoms. The van der Waals surface area contributed by atoms with E-state index in [0.29, 0.717) is 28.3 Å². The Kier molecular flexibility index (Phi) is 4.10. The number of nitrogens with zero attached hydrogens (tertiary/aromatic N) is 2. The number of anilines is 1. The van der Waals surface area contributed by atoms with Crippen LogP contribution in [0.15, 0.2) is 42.5 Å². The summed E-state index contributed by atoms with van der Waals surface area (Å²) in [5.74, 6) is 0.925. The van der Waals surface area contributed by atoms with Gasteiger partial charge in [0.2, 0.25) is 0 Å². The van der Waals surface area contributed by atoms with Crippen LogP contribution >= 0.6 is 0 Å². The van der Waals surface area contributed by atoms with Gasteiger partial charge in [0.15, 0.2) is 0 Å². The van der Waals surface area contributed by atoms with E-state index in [9.17, 15) is 4.79 Å². The Morgan fingerprint density at radius 2 is 1.86 bits per heavy atom. The second kappa shape index (κ2) is 5.97. The Balaban J connectivity index is 2.21. The first-order chi connectivity index (χ1) is 10.0. The lowest BCUT2D eigenvalue weighted by Crippen LogP contribution is -2.21. The Morgan fingerprint density at radius 3 is 2.38 bits per heavy atom. The molecule has 0 saturated carbocycles. The minimum atomic E-state index is -0.119. The predicted molar refractivity (Wildman–Crippen MR) is 80.1 cm³/mol. The first-order valence-electron chi connectivity index (χ1n) is 6.30. The van der Waals surface area contributed by atoms with E-state index in [1.165, 1.54) is 4.90 Å². The monoisotopic (exact) mass is 281 g/mol. The molecule has 2 rings (SSSR count). The Labute approximate surface area is 123 Å². The summed E-state index contributed by atoms with van der Waals surface area (Å²) < 4.78 is 5.64. The molecule has 2 aromatic carbocycles. The highest BCUT2D eigenvalue weighted by Crippen LogP contribution is 2.28. The topological polar surface area (TPSA) is 79.3 Å². The average molecular weight is 281 g/mol. The number of nitrogens with two attached hydrogens (primary N) is 1. The molecular formula is C16H15N3O2. The first kappa shape index (κ1) is 14.4. The molecule has 0 aliphatic heterocycles. The van der Waals surface area contributed by atoms with Gasteiger partial charge >= 0.3 is 0 Å². The maximum Gasteiger partial charge on any atom is 0.253 e. The van der Waals surface area contributed by atoms with Crippen molar-refractivity contribution in [3.05, 3.63) is 53.6 Å². The zero-order chi connectivity index (χ0) is 15.4. The van der Waals surface area contributed by atoms with Gasteiger partial charge in [0.1, 0.15) is 11.5 Å². The van der Waals surface area contributed by atoms with E-state index in [0.717, 1.165) is 0 Å². The van der Waals surface area contributed by atoms with Crippen LogP contribution in [0.1, 0.15) is 15.9 Å². The second-order valence-corrected chi connectivity index (χ2v) is 4.69. The minimum Gasteiger partial charge on any atom is -0.455 e. The number of nitrogen functional groups attached to an aromatic ring is 1. The molecule has 2 N–H and O–H groups in total. The highest BCUT2D eigenvalue weighted by atomic mass is 16.5. The van der Waals surface area contributed by atoms with Gasteiger partial charge in [-0.2, -0.15) is 5.26 Å². The van der Waals surface area contributed by atoms with Crippen molar-refractivity contribution in [3.8, 4) is 17.6 Å². The lowest BCUT2D eigenvalue weighted by atomic mass is 10.1. The van der Waals surface area contributed by atoms with Crippen molar-refractivity contribution in [1.82, 2.24) is 4.90 Å². The number of rotatable bonds is 3. The third-order valence-electron chi connectivity index (χ3n) is 2.87. The molecule has 5 nitrogen and oxygen atoms in total. The van der Waals surface area contributed by atoms with Crippen LogP contribution in [0.25, 0.3) is 0 Å². The van der Waals surface area contributed by atoms with E-state index in [1.807, 2.05) is 6.07 Å². The summed E-state index contributed by atoms with van der Waals surface area (Å²) in [4.78, 5) is 13.3. The fourth-order valence-electron chi connectivity index (χ4n) is 1.76. The molecule has 0 aliphatic rings. The zero-order valence-electron chi connectivity index (χ0n) is 11.8. The molecule has 0 heterocycles. The van der Waals surface area contributed by atoms with Gasteiger partial charge in [-0.25, -0.2) is 0 Å². The second-order valence-electron chi connectivity index (χ2n) is 4.69. The van der Waals surface area contributed by atoms with Gasteiger partial charge in [0, 0.05) is 19.7 Å². The van der Waals surface area contributed by atoms with E-state index < -0.39 is 0 Å². The van der Waals surface area contributed by atoms with Crippen molar-refractivity contribution in [2.45, 2.75) is 0 Å². The highest BCUT2D eigenvalue weighted by molar-refractivity contribution is 5.95. The van der Waals surface area contributed by atoms with Crippen molar-refractivity contribution in [2.24, 2.45) is 0 Å². The summed E-state index contributed by atoms with van der Waals surface area (Å²) in [5, 5.41) is 8.74. The van der Waals surface area contributed by atoms with E-state index in [1.54, 1.807) is 56.6 Å². The first-order valence-corrected chi connectivity index (χ1v) is 6.30. The number of hydrogen-bond acceptors (Lipinski definition) is 4. The molecule has 21 heavy (non-hydrogen) atoms. The Hall–Kier alpha value is -3.00. The van der Waals surface area contributed by atoms with Gasteiger partial charge in [-0.1, -0.05) is 0 Å². The lowest BCUT2D eigenvalue weighted by molar-refractivity contribution is 0.0827. The number of ether oxygens (including phenoxy) is 1.